The van der Waals surface area contributed by atoms with E-state index in [9.17, 15) is 18.8 Å². The molecule has 3 N–H and O–H groups in total. The van der Waals surface area contributed by atoms with Crippen LogP contribution in [0.2, 0.25) is 0 Å². The number of hydrogen-bond acceptors (Lipinski definition) is 5. The zero-order valence-electron chi connectivity index (χ0n) is 16.3. The van der Waals surface area contributed by atoms with Gasteiger partial charge in [0.05, 0.1) is 6.54 Å². The van der Waals surface area contributed by atoms with Crippen LogP contribution in [0, 0.1) is 5.82 Å². The fraction of sp³-hybridized carbons (Fsp3) is 0.286. The molecule has 1 saturated heterocycles. The Hall–Kier alpha value is -3.46. The lowest BCUT2D eigenvalue weighted by Gasteiger charge is -2.39. The molecule has 3 rings (SSSR count). The van der Waals surface area contributed by atoms with E-state index in [4.69, 9.17) is 10.5 Å². The third-order valence-corrected chi connectivity index (χ3v) is 4.69. The van der Waals surface area contributed by atoms with Crippen LogP contribution in [-0.4, -0.2) is 66.5 Å². The van der Waals surface area contributed by atoms with Crippen molar-refractivity contribution in [3.8, 4) is 5.75 Å². The first-order valence-electron chi connectivity index (χ1n) is 9.55. The average Bonchev–Trinajstić information content (AvgIpc) is 2.77. The minimum atomic E-state index is -0.939. The predicted molar refractivity (Wildman–Crippen MR) is 107 cm³/mol. The van der Waals surface area contributed by atoms with E-state index in [0.717, 1.165) is 0 Å². The lowest BCUT2D eigenvalue weighted by molar-refractivity contribution is -0.127. The fourth-order valence-corrected chi connectivity index (χ4v) is 3.15. The van der Waals surface area contributed by atoms with Crippen molar-refractivity contribution in [2.75, 3.05) is 32.7 Å². The lowest BCUT2D eigenvalue weighted by Crippen LogP contribution is -2.62. The minimum Gasteiger partial charge on any atom is -0.410 e. The first-order chi connectivity index (χ1) is 14.5. The SMILES string of the molecule is NCCNC(=O)C1CN(C(=O)c2ccc(F)cc2)CCN1C(=O)Oc1ccccc1. The smallest absolute Gasteiger partial charge is 0.410 e. The van der Waals surface area contributed by atoms with Crippen LogP contribution in [-0.2, 0) is 4.79 Å². The Labute approximate surface area is 173 Å². The first-order valence-corrected chi connectivity index (χ1v) is 9.55. The van der Waals surface area contributed by atoms with Crippen molar-refractivity contribution in [1.82, 2.24) is 15.1 Å². The van der Waals surface area contributed by atoms with E-state index >= 15 is 0 Å². The Bertz CT molecular complexity index is 892. The number of halogens is 1. The van der Waals surface area contributed by atoms with Crippen molar-refractivity contribution < 1.29 is 23.5 Å². The number of rotatable bonds is 5. The Morgan fingerprint density at radius 3 is 2.43 bits per heavy atom. The molecule has 0 saturated carbocycles. The number of carbonyl (C=O) groups is 3. The van der Waals surface area contributed by atoms with E-state index in [1.54, 1.807) is 30.3 Å². The topological polar surface area (TPSA) is 105 Å². The minimum absolute atomic E-state index is 0.0174. The highest BCUT2D eigenvalue weighted by molar-refractivity contribution is 5.95. The number of amides is 3. The maximum Gasteiger partial charge on any atom is 0.416 e. The number of piperazine rings is 1. The second-order valence-corrected chi connectivity index (χ2v) is 6.73. The molecule has 1 aliphatic rings. The normalized spacial score (nSPS) is 16.1. The Balaban J connectivity index is 1.75. The van der Waals surface area contributed by atoms with E-state index in [2.05, 4.69) is 5.32 Å². The molecule has 1 fully saturated rings. The van der Waals surface area contributed by atoms with Gasteiger partial charge in [0.2, 0.25) is 5.91 Å². The van der Waals surface area contributed by atoms with E-state index in [1.807, 2.05) is 0 Å². The maximum absolute atomic E-state index is 13.2. The number of para-hydroxylation sites is 1. The Morgan fingerprint density at radius 2 is 1.77 bits per heavy atom. The van der Waals surface area contributed by atoms with Gasteiger partial charge in [-0.15, -0.1) is 0 Å². The fourth-order valence-electron chi connectivity index (χ4n) is 3.15. The molecule has 1 unspecified atom stereocenters. The van der Waals surface area contributed by atoms with Crippen molar-refractivity contribution >= 4 is 17.9 Å². The van der Waals surface area contributed by atoms with Crippen LogP contribution in [0.4, 0.5) is 9.18 Å². The second kappa shape index (κ2) is 9.84. The molecule has 0 aromatic heterocycles. The molecule has 30 heavy (non-hydrogen) atoms. The number of nitrogens with zero attached hydrogens (tertiary/aromatic N) is 2. The van der Waals surface area contributed by atoms with Crippen LogP contribution in [0.1, 0.15) is 10.4 Å². The van der Waals surface area contributed by atoms with E-state index in [1.165, 1.54) is 34.1 Å². The summed E-state index contributed by atoms with van der Waals surface area (Å²) in [5, 5.41) is 2.66. The van der Waals surface area contributed by atoms with Gasteiger partial charge in [-0.2, -0.15) is 0 Å². The van der Waals surface area contributed by atoms with Crippen LogP contribution in [0.5, 0.6) is 5.75 Å². The number of benzene rings is 2. The van der Waals surface area contributed by atoms with Crippen LogP contribution in [0.15, 0.2) is 54.6 Å². The van der Waals surface area contributed by atoms with Gasteiger partial charge in [0.15, 0.2) is 0 Å². The third-order valence-electron chi connectivity index (χ3n) is 4.69. The van der Waals surface area contributed by atoms with Gasteiger partial charge in [0.25, 0.3) is 5.91 Å². The molecule has 0 aliphatic carbocycles. The Kier molecular flexibility index (Phi) is 6.97. The number of hydrogen-bond donors (Lipinski definition) is 2. The third kappa shape index (κ3) is 5.12. The van der Waals surface area contributed by atoms with Gasteiger partial charge < -0.3 is 20.7 Å². The summed E-state index contributed by atoms with van der Waals surface area (Å²) in [6, 6.07) is 12.8. The molecule has 158 valence electrons. The van der Waals surface area contributed by atoms with E-state index in [0.29, 0.717) is 11.3 Å². The van der Waals surface area contributed by atoms with Crippen molar-refractivity contribution in [2.24, 2.45) is 5.73 Å². The molecule has 0 radical (unpaired) electrons. The summed E-state index contributed by atoms with van der Waals surface area (Å²) in [5.74, 6) is -0.864. The van der Waals surface area contributed by atoms with E-state index in [-0.39, 0.29) is 38.6 Å². The zero-order chi connectivity index (χ0) is 21.5. The molecule has 1 atom stereocenters. The molecule has 0 bridgehead atoms. The van der Waals surface area contributed by atoms with Gasteiger partial charge in [-0.3, -0.25) is 14.5 Å². The van der Waals surface area contributed by atoms with Crippen molar-refractivity contribution in [3.63, 3.8) is 0 Å². The number of carbonyl (C=O) groups excluding carboxylic acids is 3. The molecular formula is C21H23FN4O4. The van der Waals surface area contributed by atoms with Gasteiger partial charge >= 0.3 is 6.09 Å². The van der Waals surface area contributed by atoms with Gasteiger partial charge in [-0.1, -0.05) is 18.2 Å². The predicted octanol–water partition coefficient (Wildman–Crippen LogP) is 1.23. The molecule has 0 spiro atoms. The molecule has 3 amide bonds. The Morgan fingerprint density at radius 1 is 1.07 bits per heavy atom. The molecule has 9 heteroatoms. The zero-order valence-corrected chi connectivity index (χ0v) is 16.3. The monoisotopic (exact) mass is 414 g/mol. The highest BCUT2D eigenvalue weighted by Crippen LogP contribution is 2.17. The molecule has 1 heterocycles. The summed E-state index contributed by atoms with van der Waals surface area (Å²) in [5.41, 5.74) is 5.76. The lowest BCUT2D eigenvalue weighted by atomic mass is 10.1. The van der Waals surface area contributed by atoms with Crippen LogP contribution >= 0.6 is 0 Å². The first kappa shape index (κ1) is 21.3. The number of ether oxygens (including phenoxy) is 1. The summed E-state index contributed by atoms with van der Waals surface area (Å²) < 4.78 is 18.5. The molecular weight excluding hydrogens is 391 g/mol. The van der Waals surface area contributed by atoms with Gasteiger partial charge in [-0.05, 0) is 36.4 Å². The highest BCUT2D eigenvalue weighted by Gasteiger charge is 2.38. The van der Waals surface area contributed by atoms with Crippen molar-refractivity contribution in [3.05, 3.63) is 66.0 Å². The summed E-state index contributed by atoms with van der Waals surface area (Å²) in [6.45, 7) is 0.782. The molecule has 2 aromatic rings. The molecule has 1 aliphatic heterocycles. The summed E-state index contributed by atoms with van der Waals surface area (Å²) in [6.07, 6.45) is -0.678. The van der Waals surface area contributed by atoms with E-state index < -0.39 is 23.9 Å². The number of nitrogens with two attached hydrogens (primary N) is 1. The van der Waals surface area contributed by atoms with Gasteiger partial charge in [0, 0.05) is 31.7 Å². The quantitative estimate of drug-likeness (QED) is 0.766. The van der Waals surface area contributed by atoms with Crippen molar-refractivity contribution in [1.29, 1.82) is 0 Å². The summed E-state index contributed by atoms with van der Waals surface area (Å²) in [4.78, 5) is 40.9. The van der Waals surface area contributed by atoms with Crippen LogP contribution in [0.3, 0.4) is 0 Å². The number of nitrogens with one attached hydrogen (secondary N) is 1. The van der Waals surface area contributed by atoms with Gasteiger partial charge in [-0.25, -0.2) is 9.18 Å². The second-order valence-electron chi connectivity index (χ2n) is 6.73. The maximum atomic E-state index is 13.2. The van der Waals surface area contributed by atoms with Crippen molar-refractivity contribution in [2.45, 2.75) is 6.04 Å². The summed E-state index contributed by atoms with van der Waals surface area (Å²) in [7, 11) is 0. The summed E-state index contributed by atoms with van der Waals surface area (Å²) >= 11 is 0. The van der Waals surface area contributed by atoms with Crippen LogP contribution in [0.25, 0.3) is 0 Å². The molecule has 8 nitrogen and oxygen atoms in total. The standard InChI is InChI=1S/C21H23FN4O4/c22-16-8-6-15(7-9-16)20(28)25-12-13-26(18(14-25)19(27)24-11-10-23)21(29)30-17-4-2-1-3-5-17/h1-9,18H,10-14,23H2,(H,24,27). The molecule has 2 aromatic carbocycles. The highest BCUT2D eigenvalue weighted by atomic mass is 19.1. The van der Waals surface area contributed by atoms with Gasteiger partial charge in [0.1, 0.15) is 17.6 Å². The largest absolute Gasteiger partial charge is 0.416 e. The van der Waals surface area contributed by atoms with Crippen LogP contribution < -0.4 is 15.8 Å². The average molecular weight is 414 g/mol.